The molecule has 0 unspecified atom stereocenters. The summed E-state index contributed by atoms with van der Waals surface area (Å²) in [5, 5.41) is 0. The molecule has 1 aromatic carbocycles. The molecule has 0 aliphatic heterocycles. The molecule has 4 nitrogen and oxygen atoms in total. The molecule has 1 amide bonds. The van der Waals surface area contributed by atoms with Crippen LogP contribution in [0.25, 0.3) is 0 Å². The molecule has 0 saturated heterocycles. The average molecular weight is 260 g/mol. The number of hydrogen-bond donors (Lipinski definition) is 1. The molecule has 0 aromatic heterocycles. The number of carbonyl (C=O) groups is 1. The molecule has 0 fully saturated rings. The van der Waals surface area contributed by atoms with E-state index in [0.29, 0.717) is 26.0 Å². The Morgan fingerprint density at radius 2 is 2.21 bits per heavy atom. The van der Waals surface area contributed by atoms with Crippen molar-refractivity contribution in [1.82, 2.24) is 4.90 Å². The van der Waals surface area contributed by atoms with Crippen LogP contribution in [0.15, 0.2) is 24.3 Å². The van der Waals surface area contributed by atoms with Gasteiger partial charge in [-0.05, 0) is 18.2 Å². The van der Waals surface area contributed by atoms with Crippen LogP contribution in [0.4, 0.5) is 0 Å². The minimum absolute atomic E-state index is 0.0920. The van der Waals surface area contributed by atoms with E-state index in [-0.39, 0.29) is 5.91 Å². The van der Waals surface area contributed by atoms with Crippen LogP contribution in [0.3, 0.4) is 0 Å². The van der Waals surface area contributed by atoms with Crippen molar-refractivity contribution in [3.8, 4) is 17.6 Å². The lowest BCUT2D eigenvalue weighted by Gasteiger charge is -2.07. The number of nitrogens with zero attached hydrogens (tertiary/aromatic N) is 1. The number of rotatable bonds is 5. The van der Waals surface area contributed by atoms with Crippen LogP contribution in [0.2, 0.25) is 0 Å². The minimum Gasteiger partial charge on any atom is -0.492 e. The van der Waals surface area contributed by atoms with Gasteiger partial charge in [-0.2, -0.15) is 0 Å². The van der Waals surface area contributed by atoms with Crippen molar-refractivity contribution in [1.29, 1.82) is 0 Å². The Hall–Kier alpha value is -1.99. The summed E-state index contributed by atoms with van der Waals surface area (Å²) in [4.78, 5) is 12.9. The SMILES string of the molecule is CN(C)C(=O)CCC#Cc1cccc(OCCN)c1. The first-order chi connectivity index (χ1) is 9.13. The number of nitrogens with two attached hydrogens (primary N) is 1. The van der Waals surface area contributed by atoms with Crippen LogP contribution in [0.1, 0.15) is 18.4 Å². The van der Waals surface area contributed by atoms with Crippen molar-refractivity contribution >= 4 is 5.91 Å². The highest BCUT2D eigenvalue weighted by Crippen LogP contribution is 2.12. The van der Waals surface area contributed by atoms with E-state index in [0.717, 1.165) is 11.3 Å². The maximum atomic E-state index is 11.4. The number of benzene rings is 1. The summed E-state index contributed by atoms with van der Waals surface area (Å²) in [5.41, 5.74) is 6.26. The van der Waals surface area contributed by atoms with Gasteiger partial charge in [0.05, 0.1) is 0 Å². The number of amides is 1. The fraction of sp³-hybridized carbons (Fsp3) is 0.400. The third kappa shape index (κ3) is 5.94. The molecule has 1 rings (SSSR count). The summed E-state index contributed by atoms with van der Waals surface area (Å²) < 4.78 is 5.42. The predicted molar refractivity (Wildman–Crippen MR) is 75.8 cm³/mol. The molecule has 4 heteroatoms. The molecule has 2 N–H and O–H groups in total. The molecule has 0 aliphatic carbocycles. The Kier molecular flexibility index (Phi) is 6.48. The molecular weight excluding hydrogens is 240 g/mol. The number of hydrogen-bond acceptors (Lipinski definition) is 3. The van der Waals surface area contributed by atoms with E-state index in [1.807, 2.05) is 24.3 Å². The van der Waals surface area contributed by atoms with E-state index in [1.165, 1.54) is 0 Å². The maximum absolute atomic E-state index is 11.4. The van der Waals surface area contributed by atoms with Gasteiger partial charge in [-0.1, -0.05) is 17.9 Å². The fourth-order valence-electron chi connectivity index (χ4n) is 1.40. The van der Waals surface area contributed by atoms with Gasteiger partial charge >= 0.3 is 0 Å². The second kappa shape index (κ2) is 8.17. The van der Waals surface area contributed by atoms with Crippen molar-refractivity contribution in [3.05, 3.63) is 29.8 Å². The third-order valence-electron chi connectivity index (χ3n) is 2.42. The first-order valence-corrected chi connectivity index (χ1v) is 6.25. The van der Waals surface area contributed by atoms with Gasteiger partial charge in [0.25, 0.3) is 0 Å². The Morgan fingerprint density at radius 3 is 2.89 bits per heavy atom. The summed E-state index contributed by atoms with van der Waals surface area (Å²) in [5.74, 6) is 6.87. The topological polar surface area (TPSA) is 55.6 Å². The van der Waals surface area contributed by atoms with E-state index in [4.69, 9.17) is 10.5 Å². The van der Waals surface area contributed by atoms with Gasteiger partial charge in [-0.3, -0.25) is 4.79 Å². The van der Waals surface area contributed by atoms with E-state index in [2.05, 4.69) is 11.8 Å². The van der Waals surface area contributed by atoms with E-state index >= 15 is 0 Å². The van der Waals surface area contributed by atoms with E-state index < -0.39 is 0 Å². The quantitative estimate of drug-likeness (QED) is 0.811. The maximum Gasteiger partial charge on any atom is 0.223 e. The van der Waals surface area contributed by atoms with Crippen molar-refractivity contribution in [2.75, 3.05) is 27.2 Å². The average Bonchev–Trinajstić information content (AvgIpc) is 2.41. The van der Waals surface area contributed by atoms with Gasteiger partial charge in [-0.15, -0.1) is 0 Å². The molecule has 0 atom stereocenters. The second-order valence-corrected chi connectivity index (χ2v) is 4.25. The lowest BCUT2D eigenvalue weighted by molar-refractivity contribution is -0.128. The van der Waals surface area contributed by atoms with Crippen LogP contribution in [0.5, 0.6) is 5.75 Å². The van der Waals surface area contributed by atoms with Crippen molar-refractivity contribution < 1.29 is 9.53 Å². The summed E-state index contributed by atoms with van der Waals surface area (Å²) in [6.45, 7) is 0.983. The minimum atomic E-state index is 0.0920. The van der Waals surface area contributed by atoms with Crippen LogP contribution < -0.4 is 10.5 Å². The number of carbonyl (C=O) groups excluding carboxylic acids is 1. The van der Waals surface area contributed by atoms with Gasteiger partial charge < -0.3 is 15.4 Å². The standard InChI is InChI=1S/C15H20N2O2/c1-17(2)15(18)9-4-3-6-13-7-5-8-14(12-13)19-11-10-16/h5,7-8,12H,4,9-11,16H2,1-2H3. The zero-order valence-electron chi connectivity index (χ0n) is 11.5. The molecule has 0 aliphatic rings. The monoisotopic (exact) mass is 260 g/mol. The van der Waals surface area contributed by atoms with Crippen molar-refractivity contribution in [2.45, 2.75) is 12.8 Å². The van der Waals surface area contributed by atoms with Gasteiger partial charge in [0.15, 0.2) is 0 Å². The summed E-state index contributed by atoms with van der Waals surface area (Å²) >= 11 is 0. The van der Waals surface area contributed by atoms with Gasteiger partial charge in [0.2, 0.25) is 5.91 Å². The van der Waals surface area contributed by atoms with E-state index in [1.54, 1.807) is 19.0 Å². The first-order valence-electron chi connectivity index (χ1n) is 6.25. The highest BCUT2D eigenvalue weighted by molar-refractivity contribution is 5.75. The first kappa shape index (κ1) is 15.1. The molecule has 0 heterocycles. The van der Waals surface area contributed by atoms with Crippen LogP contribution in [0, 0.1) is 11.8 Å². The lowest BCUT2D eigenvalue weighted by atomic mass is 10.2. The predicted octanol–water partition coefficient (Wildman–Crippen LogP) is 1.24. The summed E-state index contributed by atoms with van der Waals surface area (Å²) in [6, 6.07) is 7.55. The summed E-state index contributed by atoms with van der Waals surface area (Å²) in [6.07, 6.45) is 1.01. The highest BCUT2D eigenvalue weighted by Gasteiger charge is 2.00. The van der Waals surface area contributed by atoms with Crippen LogP contribution >= 0.6 is 0 Å². The molecule has 1 aromatic rings. The van der Waals surface area contributed by atoms with Crippen molar-refractivity contribution in [2.24, 2.45) is 5.73 Å². The highest BCUT2D eigenvalue weighted by atomic mass is 16.5. The molecular formula is C15H20N2O2. The zero-order valence-corrected chi connectivity index (χ0v) is 11.5. The van der Waals surface area contributed by atoms with E-state index in [9.17, 15) is 4.79 Å². The Labute approximate surface area is 114 Å². The zero-order chi connectivity index (χ0) is 14.1. The molecule has 0 radical (unpaired) electrons. The third-order valence-corrected chi connectivity index (χ3v) is 2.42. The number of ether oxygens (including phenoxy) is 1. The molecule has 0 spiro atoms. The molecule has 102 valence electrons. The van der Waals surface area contributed by atoms with Crippen molar-refractivity contribution in [3.63, 3.8) is 0 Å². The van der Waals surface area contributed by atoms with Gasteiger partial charge in [0, 0.05) is 39.0 Å². The lowest BCUT2D eigenvalue weighted by Crippen LogP contribution is -2.20. The van der Waals surface area contributed by atoms with Crippen LogP contribution in [-0.2, 0) is 4.79 Å². The fourth-order valence-corrected chi connectivity index (χ4v) is 1.40. The van der Waals surface area contributed by atoms with Gasteiger partial charge in [0.1, 0.15) is 12.4 Å². The molecule has 0 saturated carbocycles. The largest absolute Gasteiger partial charge is 0.492 e. The van der Waals surface area contributed by atoms with Gasteiger partial charge in [-0.25, -0.2) is 0 Å². The molecule has 0 bridgehead atoms. The normalized spacial score (nSPS) is 9.42. The summed E-state index contributed by atoms with van der Waals surface area (Å²) in [7, 11) is 3.49. The molecule has 19 heavy (non-hydrogen) atoms. The smallest absolute Gasteiger partial charge is 0.223 e. The Morgan fingerprint density at radius 1 is 1.42 bits per heavy atom. The second-order valence-electron chi connectivity index (χ2n) is 4.25. The Bertz CT molecular complexity index is 473. The van der Waals surface area contributed by atoms with Crippen LogP contribution in [-0.4, -0.2) is 38.1 Å². The Balaban J connectivity index is 2.51.